The Labute approximate surface area is 329 Å². The fourth-order valence-corrected chi connectivity index (χ4v) is 10.1. The Bertz CT molecular complexity index is 1310. The van der Waals surface area contributed by atoms with Gasteiger partial charge < -0.3 is 42.8 Å². The van der Waals surface area contributed by atoms with E-state index in [1.54, 1.807) is 21.3 Å². The lowest BCUT2D eigenvalue weighted by molar-refractivity contribution is -0.255. The largest absolute Gasteiger partial charge is 0.462 e. The first-order valence-corrected chi connectivity index (χ1v) is 20.8. The summed E-state index contributed by atoms with van der Waals surface area (Å²) in [6.07, 6.45) is 8.00. The molecular weight excluding hydrogens is 714 g/mol. The first-order chi connectivity index (χ1) is 25.8. The highest BCUT2D eigenvalue weighted by Gasteiger charge is 2.53. The van der Waals surface area contributed by atoms with Crippen LogP contribution in [0.2, 0.25) is 0 Å². The highest BCUT2D eigenvalue weighted by molar-refractivity contribution is 6.30. The van der Waals surface area contributed by atoms with E-state index in [2.05, 4.69) is 45.0 Å². The zero-order chi connectivity index (χ0) is 39.3. The number of rotatable bonds is 14. The van der Waals surface area contributed by atoms with E-state index in [0.29, 0.717) is 31.1 Å². The van der Waals surface area contributed by atoms with Crippen LogP contribution in [0.15, 0.2) is 22.8 Å². The Morgan fingerprint density at radius 2 is 1.70 bits per heavy atom. The summed E-state index contributed by atoms with van der Waals surface area (Å²) in [6, 6.07) is 0.324. The monoisotopic (exact) mass is 781 g/mol. The normalized spacial score (nSPS) is 38.5. The second-order valence-electron chi connectivity index (χ2n) is 16.7. The van der Waals surface area contributed by atoms with Crippen LogP contribution in [0.1, 0.15) is 92.4 Å². The SMILES string of the molecule is CC[C@H]1CCC[C@H](O[C@H]2CC[C@H](N(C)C)C(C)O2)[C@@H](C)C(=O)C2=CC3C(C=C(Cl)C4C[C@@H](OC(OC(C)[C@@H](C)OC)[C@H](COC)OC)C[C@H]43)[C@@H]2CC(=O)O1. The zero-order valence-corrected chi connectivity index (χ0v) is 35.1. The first-order valence-electron chi connectivity index (χ1n) is 20.4. The van der Waals surface area contributed by atoms with E-state index in [0.717, 1.165) is 43.6 Å². The molecule has 1 saturated carbocycles. The van der Waals surface area contributed by atoms with Crippen molar-refractivity contribution in [2.75, 3.05) is 42.0 Å². The van der Waals surface area contributed by atoms with E-state index in [1.807, 2.05) is 20.8 Å². The number of hydrogen-bond donors (Lipinski definition) is 0. The summed E-state index contributed by atoms with van der Waals surface area (Å²) in [6.45, 7) is 10.4. The van der Waals surface area contributed by atoms with Gasteiger partial charge in [-0.1, -0.05) is 37.6 Å². The lowest BCUT2D eigenvalue weighted by Gasteiger charge is -2.40. The summed E-state index contributed by atoms with van der Waals surface area (Å²) in [5, 5.41) is 0.772. The maximum atomic E-state index is 14.7. The lowest BCUT2D eigenvalue weighted by atomic mass is 9.70. The number of ether oxygens (including phenoxy) is 8. The minimum absolute atomic E-state index is 0.0214. The number of fused-ring (bicyclic) bond motifs is 5. The number of likely N-dealkylation sites (N-methyl/N-ethyl adjacent to an activating group) is 1. The Balaban J connectivity index is 1.39. The number of allylic oxidation sites excluding steroid dienone is 4. The smallest absolute Gasteiger partial charge is 0.306 e. The molecule has 12 heteroatoms. The second-order valence-corrected chi connectivity index (χ2v) is 17.1. The Hall–Kier alpha value is -1.41. The predicted molar refractivity (Wildman–Crippen MR) is 206 cm³/mol. The predicted octanol–water partition coefficient (Wildman–Crippen LogP) is 6.69. The molecular formula is C42H68ClNO10. The Kier molecular flexibility index (Phi) is 16.1. The first kappa shape index (κ1) is 43.7. The van der Waals surface area contributed by atoms with Gasteiger partial charge in [0, 0.05) is 50.2 Å². The number of hydrogen-bond acceptors (Lipinski definition) is 11. The van der Waals surface area contributed by atoms with Gasteiger partial charge in [0.05, 0.1) is 43.5 Å². The van der Waals surface area contributed by atoms with Crippen molar-refractivity contribution in [2.45, 2.75) is 154 Å². The fraction of sp³-hybridized carbons (Fsp3) is 0.857. The van der Waals surface area contributed by atoms with Gasteiger partial charge in [-0.25, -0.2) is 0 Å². The van der Waals surface area contributed by atoms with Crippen LogP contribution in [0, 0.1) is 35.5 Å². The van der Waals surface area contributed by atoms with Crippen molar-refractivity contribution in [3.8, 4) is 0 Å². The van der Waals surface area contributed by atoms with Gasteiger partial charge in [-0.2, -0.15) is 0 Å². The zero-order valence-electron chi connectivity index (χ0n) is 34.4. The molecule has 0 aromatic heterocycles. The molecule has 0 radical (unpaired) electrons. The average Bonchev–Trinajstić information content (AvgIpc) is 3.73. The molecule has 3 fully saturated rings. The highest BCUT2D eigenvalue weighted by Crippen LogP contribution is 2.57. The molecule has 11 nitrogen and oxygen atoms in total. The molecule has 0 spiro atoms. The third kappa shape index (κ3) is 10.2. The second kappa shape index (κ2) is 19.8. The summed E-state index contributed by atoms with van der Waals surface area (Å²) in [5.74, 6) is -0.834. The summed E-state index contributed by atoms with van der Waals surface area (Å²) >= 11 is 7.15. The van der Waals surface area contributed by atoms with Crippen LogP contribution >= 0.6 is 11.6 Å². The molecule has 54 heavy (non-hydrogen) atoms. The summed E-state index contributed by atoms with van der Waals surface area (Å²) < 4.78 is 49.0. The van der Waals surface area contributed by atoms with Crippen LogP contribution in [0.3, 0.4) is 0 Å². The molecule has 3 aliphatic carbocycles. The number of methoxy groups -OCH3 is 3. The van der Waals surface area contributed by atoms with Gasteiger partial charge in [-0.15, -0.1) is 0 Å². The van der Waals surface area contributed by atoms with Gasteiger partial charge in [-0.05, 0) is 110 Å². The number of halogens is 1. The molecule has 5 rings (SSSR count). The lowest BCUT2D eigenvalue weighted by Crippen LogP contribution is -2.47. The molecule has 2 aliphatic heterocycles. The van der Waals surface area contributed by atoms with Crippen LogP contribution in [0.4, 0.5) is 0 Å². The summed E-state index contributed by atoms with van der Waals surface area (Å²) in [7, 11) is 9.08. The van der Waals surface area contributed by atoms with E-state index in [4.69, 9.17) is 49.5 Å². The number of carbonyl (C=O) groups is 2. The number of nitrogens with zero attached hydrogens (tertiary/aromatic N) is 1. The summed E-state index contributed by atoms with van der Waals surface area (Å²) in [4.78, 5) is 30.5. The van der Waals surface area contributed by atoms with Crippen molar-refractivity contribution >= 4 is 23.4 Å². The average molecular weight is 782 g/mol. The molecule has 6 unspecified atom stereocenters. The quantitative estimate of drug-likeness (QED) is 0.139. The van der Waals surface area contributed by atoms with Crippen molar-refractivity contribution in [3.63, 3.8) is 0 Å². The molecule has 16 atom stereocenters. The van der Waals surface area contributed by atoms with Gasteiger partial charge in [0.2, 0.25) is 0 Å². The van der Waals surface area contributed by atoms with Crippen molar-refractivity contribution in [3.05, 3.63) is 22.8 Å². The van der Waals surface area contributed by atoms with Crippen LogP contribution in [-0.2, 0) is 47.5 Å². The van der Waals surface area contributed by atoms with Gasteiger partial charge in [0.25, 0.3) is 0 Å². The van der Waals surface area contributed by atoms with Crippen molar-refractivity contribution < 1.29 is 47.5 Å². The molecule has 0 N–H and O–H groups in total. The molecule has 5 aliphatic rings. The van der Waals surface area contributed by atoms with Crippen LogP contribution < -0.4 is 0 Å². The molecule has 308 valence electrons. The van der Waals surface area contributed by atoms with E-state index in [9.17, 15) is 9.59 Å². The minimum atomic E-state index is -0.686. The number of ketones is 1. The van der Waals surface area contributed by atoms with Gasteiger partial charge >= 0.3 is 5.97 Å². The molecule has 0 aromatic carbocycles. The minimum Gasteiger partial charge on any atom is -0.462 e. The summed E-state index contributed by atoms with van der Waals surface area (Å²) in [5.41, 5.74) is 0.705. The standard InChI is InChI=1S/C42H68ClNO10/c1-11-27-13-12-14-37(54-40-16-15-36(44(6)7)26(5)50-40)23(2)41(46)34-19-30-29-17-28(18-33(29)35(43)20-31(30)32(34)21-39(45)52-27)53-42(38(49-10)22-47-8)51-25(4)24(3)48-9/h19-20,23-33,36-38,40,42H,11-18,21-22H2,1-10H3/t23-,24-,25?,26?,27+,28+,29+,30?,31?,32+,33?,36+,37+,38+,40+,42?/m1/s1. The van der Waals surface area contributed by atoms with Crippen LogP contribution in [-0.4, -0.2) is 120 Å². The van der Waals surface area contributed by atoms with Crippen molar-refractivity contribution in [1.82, 2.24) is 4.90 Å². The van der Waals surface area contributed by atoms with Crippen LogP contribution in [0.5, 0.6) is 0 Å². The fourth-order valence-electron chi connectivity index (χ4n) is 9.67. The van der Waals surface area contributed by atoms with Gasteiger partial charge in [-0.3, -0.25) is 9.59 Å². The van der Waals surface area contributed by atoms with E-state index in [-0.39, 0.29) is 90.7 Å². The van der Waals surface area contributed by atoms with Crippen molar-refractivity contribution in [2.24, 2.45) is 35.5 Å². The maximum Gasteiger partial charge on any atom is 0.306 e. The van der Waals surface area contributed by atoms with E-state index in [1.165, 1.54) is 0 Å². The highest BCUT2D eigenvalue weighted by atomic mass is 35.5. The van der Waals surface area contributed by atoms with E-state index >= 15 is 0 Å². The number of Topliss-reactive ketones (excluding diaryl/α,β-unsaturated/α-hetero) is 1. The Morgan fingerprint density at radius 3 is 2.35 bits per heavy atom. The number of cyclic esters (lactones) is 1. The van der Waals surface area contributed by atoms with E-state index < -0.39 is 18.3 Å². The molecule has 2 heterocycles. The third-order valence-electron chi connectivity index (χ3n) is 13.1. The molecule has 0 amide bonds. The third-order valence-corrected chi connectivity index (χ3v) is 13.5. The Morgan fingerprint density at radius 1 is 0.944 bits per heavy atom. The van der Waals surface area contributed by atoms with Crippen molar-refractivity contribution in [1.29, 1.82) is 0 Å². The van der Waals surface area contributed by atoms with Gasteiger partial charge in [0.15, 0.2) is 18.4 Å². The van der Waals surface area contributed by atoms with Gasteiger partial charge in [0.1, 0.15) is 12.2 Å². The molecule has 2 saturated heterocycles. The van der Waals surface area contributed by atoms with Crippen LogP contribution in [0.25, 0.3) is 0 Å². The number of carbonyl (C=O) groups excluding carboxylic acids is 2. The molecule has 0 aromatic rings. The molecule has 0 bridgehead atoms. The topological polar surface area (TPSA) is 111 Å². The maximum absolute atomic E-state index is 14.7. The number of esters is 1.